The van der Waals surface area contributed by atoms with Crippen molar-refractivity contribution in [1.29, 1.82) is 0 Å². The molecule has 0 unspecified atom stereocenters. The third-order valence-electron chi connectivity index (χ3n) is 1.74. The fraction of sp³-hybridized carbons (Fsp3) is 0.300. The van der Waals surface area contributed by atoms with Gasteiger partial charge in [0.15, 0.2) is 0 Å². The van der Waals surface area contributed by atoms with Gasteiger partial charge in [0.05, 0.1) is 6.61 Å². The van der Waals surface area contributed by atoms with Gasteiger partial charge in [-0.3, -0.25) is 4.90 Å². The number of carbonyl (C=O) groups excluding carboxylic acids is 1. The molecule has 1 aromatic rings. The molecule has 4 heteroatoms. The lowest BCUT2D eigenvalue weighted by molar-refractivity contribution is 0.161. The molecule has 0 saturated heterocycles. The maximum absolute atomic E-state index is 11.3. The quantitative estimate of drug-likeness (QED) is 0.756. The first-order chi connectivity index (χ1) is 6.65. The molecule has 0 aliphatic carbocycles. The van der Waals surface area contributed by atoms with E-state index in [1.165, 1.54) is 4.90 Å². The molecule has 0 heterocycles. The molecular weight excluding hydrogens is 202 g/mol. The number of rotatable bonds is 2. The van der Waals surface area contributed by atoms with Gasteiger partial charge in [0.1, 0.15) is 0 Å². The Morgan fingerprint density at radius 1 is 1.57 bits per heavy atom. The summed E-state index contributed by atoms with van der Waals surface area (Å²) in [5.41, 5.74) is 0.718. The van der Waals surface area contributed by atoms with Gasteiger partial charge in [0.25, 0.3) is 0 Å². The molecule has 0 N–H and O–H groups in total. The minimum absolute atomic E-state index is 0.365. The van der Waals surface area contributed by atoms with E-state index in [-0.39, 0.29) is 6.09 Å². The van der Waals surface area contributed by atoms with Crippen molar-refractivity contribution >= 4 is 23.4 Å². The fourth-order valence-corrected chi connectivity index (χ4v) is 1.19. The number of hydrogen-bond donors (Lipinski definition) is 0. The summed E-state index contributed by atoms with van der Waals surface area (Å²) in [5.74, 6) is 0. The monoisotopic (exact) mass is 213 g/mol. The number of ether oxygens (including phenoxy) is 1. The number of benzene rings is 1. The van der Waals surface area contributed by atoms with Gasteiger partial charge in [-0.15, -0.1) is 0 Å². The van der Waals surface area contributed by atoms with Gasteiger partial charge in [0, 0.05) is 17.8 Å². The molecule has 0 atom stereocenters. The summed E-state index contributed by atoms with van der Waals surface area (Å²) in [6.07, 6.45) is -0.380. The van der Waals surface area contributed by atoms with Crippen molar-refractivity contribution < 1.29 is 9.53 Å². The highest BCUT2D eigenvalue weighted by Crippen LogP contribution is 2.18. The Morgan fingerprint density at radius 3 is 2.86 bits per heavy atom. The molecule has 76 valence electrons. The minimum Gasteiger partial charge on any atom is -0.449 e. The van der Waals surface area contributed by atoms with Crippen molar-refractivity contribution in [3.63, 3.8) is 0 Å². The molecule has 0 spiro atoms. The summed E-state index contributed by atoms with van der Waals surface area (Å²) in [6.45, 7) is 2.13. The van der Waals surface area contributed by atoms with Crippen LogP contribution in [-0.4, -0.2) is 19.7 Å². The largest absolute Gasteiger partial charge is 0.449 e. The van der Waals surface area contributed by atoms with E-state index in [4.69, 9.17) is 16.3 Å². The molecule has 1 amide bonds. The zero-order valence-corrected chi connectivity index (χ0v) is 8.91. The summed E-state index contributed by atoms with van der Waals surface area (Å²) in [7, 11) is 1.64. The normalized spacial score (nSPS) is 9.64. The summed E-state index contributed by atoms with van der Waals surface area (Å²) >= 11 is 5.79. The molecule has 0 bridgehead atoms. The van der Waals surface area contributed by atoms with Crippen molar-refractivity contribution in [2.45, 2.75) is 6.92 Å². The average Bonchev–Trinajstić information content (AvgIpc) is 2.17. The Balaban J connectivity index is 2.78. The van der Waals surface area contributed by atoms with Crippen LogP contribution in [0.3, 0.4) is 0 Å². The zero-order chi connectivity index (χ0) is 10.6. The summed E-state index contributed by atoms with van der Waals surface area (Å²) in [4.78, 5) is 12.7. The van der Waals surface area contributed by atoms with Crippen molar-refractivity contribution in [1.82, 2.24) is 0 Å². The first-order valence-corrected chi connectivity index (χ1v) is 4.69. The van der Waals surface area contributed by atoms with E-state index in [1.807, 2.05) is 0 Å². The van der Waals surface area contributed by atoms with Crippen LogP contribution in [0.15, 0.2) is 24.3 Å². The van der Waals surface area contributed by atoms with E-state index >= 15 is 0 Å². The fourth-order valence-electron chi connectivity index (χ4n) is 1.01. The molecule has 1 rings (SSSR count). The second kappa shape index (κ2) is 4.86. The smallest absolute Gasteiger partial charge is 0.413 e. The lowest BCUT2D eigenvalue weighted by Crippen LogP contribution is -2.26. The maximum atomic E-state index is 11.3. The Morgan fingerprint density at radius 2 is 2.29 bits per heavy atom. The highest BCUT2D eigenvalue weighted by molar-refractivity contribution is 6.30. The van der Waals surface area contributed by atoms with Crippen molar-refractivity contribution in [2.75, 3.05) is 18.6 Å². The molecule has 0 radical (unpaired) electrons. The highest BCUT2D eigenvalue weighted by Gasteiger charge is 2.10. The van der Waals surface area contributed by atoms with E-state index in [0.717, 1.165) is 5.69 Å². The lowest BCUT2D eigenvalue weighted by Gasteiger charge is -2.16. The Kier molecular flexibility index (Phi) is 3.77. The van der Waals surface area contributed by atoms with Gasteiger partial charge in [0.2, 0.25) is 0 Å². The van der Waals surface area contributed by atoms with Crippen molar-refractivity contribution in [3.05, 3.63) is 29.3 Å². The minimum atomic E-state index is -0.380. The first kappa shape index (κ1) is 10.9. The van der Waals surface area contributed by atoms with Gasteiger partial charge in [-0.2, -0.15) is 0 Å². The highest BCUT2D eigenvalue weighted by atomic mass is 35.5. The predicted molar refractivity (Wildman–Crippen MR) is 56.9 cm³/mol. The van der Waals surface area contributed by atoms with Crippen LogP contribution in [0, 0.1) is 0 Å². The standard InChI is InChI=1S/C10H12ClNO2/c1-3-14-10(13)12(2)9-6-4-5-8(11)7-9/h4-7H,3H2,1-2H3. The van der Waals surface area contributed by atoms with E-state index in [1.54, 1.807) is 38.2 Å². The van der Waals surface area contributed by atoms with Crippen LogP contribution in [-0.2, 0) is 4.74 Å². The zero-order valence-electron chi connectivity index (χ0n) is 8.16. The van der Waals surface area contributed by atoms with E-state index in [2.05, 4.69) is 0 Å². The summed E-state index contributed by atoms with van der Waals surface area (Å²) < 4.78 is 4.84. The van der Waals surface area contributed by atoms with E-state index < -0.39 is 0 Å². The first-order valence-electron chi connectivity index (χ1n) is 4.31. The van der Waals surface area contributed by atoms with Gasteiger partial charge in [-0.05, 0) is 25.1 Å². The predicted octanol–water partition coefficient (Wildman–Crippen LogP) is 2.93. The number of nitrogens with zero attached hydrogens (tertiary/aromatic N) is 1. The van der Waals surface area contributed by atoms with Crippen molar-refractivity contribution in [3.8, 4) is 0 Å². The second-order valence-corrected chi connectivity index (χ2v) is 3.17. The molecule has 0 fully saturated rings. The number of halogens is 1. The van der Waals surface area contributed by atoms with Crippen LogP contribution >= 0.6 is 11.6 Å². The van der Waals surface area contributed by atoms with Gasteiger partial charge in [-0.25, -0.2) is 4.79 Å². The topological polar surface area (TPSA) is 29.5 Å². The van der Waals surface area contributed by atoms with Gasteiger partial charge in [-0.1, -0.05) is 17.7 Å². The Hall–Kier alpha value is -1.22. The van der Waals surface area contributed by atoms with Crippen molar-refractivity contribution in [2.24, 2.45) is 0 Å². The SMILES string of the molecule is CCOC(=O)N(C)c1cccc(Cl)c1. The molecule has 0 aliphatic rings. The molecule has 3 nitrogen and oxygen atoms in total. The molecule has 0 aliphatic heterocycles. The van der Waals surface area contributed by atoms with Crippen LogP contribution in [0.4, 0.5) is 10.5 Å². The van der Waals surface area contributed by atoms with Gasteiger partial charge >= 0.3 is 6.09 Å². The summed E-state index contributed by atoms with van der Waals surface area (Å²) in [6, 6.07) is 7.04. The molecule has 0 aromatic heterocycles. The number of carbonyl (C=O) groups is 1. The van der Waals surface area contributed by atoms with Crippen LogP contribution in [0.1, 0.15) is 6.92 Å². The molecular formula is C10H12ClNO2. The third kappa shape index (κ3) is 2.64. The lowest BCUT2D eigenvalue weighted by atomic mass is 10.3. The Labute approximate surface area is 88.2 Å². The molecule has 1 aromatic carbocycles. The summed E-state index contributed by atoms with van der Waals surface area (Å²) in [5, 5.41) is 0.596. The molecule has 14 heavy (non-hydrogen) atoms. The number of anilines is 1. The Bertz CT molecular complexity index is 328. The molecule has 0 saturated carbocycles. The average molecular weight is 214 g/mol. The van der Waals surface area contributed by atoms with Gasteiger partial charge < -0.3 is 4.74 Å². The van der Waals surface area contributed by atoms with E-state index in [9.17, 15) is 4.79 Å². The maximum Gasteiger partial charge on any atom is 0.413 e. The van der Waals surface area contributed by atoms with Crippen LogP contribution in [0.5, 0.6) is 0 Å². The van der Waals surface area contributed by atoms with E-state index in [0.29, 0.717) is 11.6 Å². The number of hydrogen-bond acceptors (Lipinski definition) is 2. The van der Waals surface area contributed by atoms with Crippen LogP contribution < -0.4 is 4.90 Å². The third-order valence-corrected chi connectivity index (χ3v) is 1.97. The van der Waals surface area contributed by atoms with Crippen LogP contribution in [0.25, 0.3) is 0 Å². The number of amides is 1. The second-order valence-electron chi connectivity index (χ2n) is 2.74. The van der Waals surface area contributed by atoms with Crippen LogP contribution in [0.2, 0.25) is 5.02 Å².